The molecule has 0 bridgehead atoms. The van der Waals surface area contributed by atoms with Crippen molar-refractivity contribution < 1.29 is 27.8 Å². The number of halogens is 4. The van der Waals surface area contributed by atoms with E-state index in [9.17, 15) is 23.1 Å². The molecule has 3 aromatic rings. The first-order valence-electron chi connectivity index (χ1n) is 9.52. The van der Waals surface area contributed by atoms with Crippen LogP contribution in [-0.4, -0.2) is 34.1 Å². The van der Waals surface area contributed by atoms with E-state index in [0.29, 0.717) is 11.3 Å². The lowest BCUT2D eigenvalue weighted by Crippen LogP contribution is -2.36. The first-order valence-corrected chi connectivity index (χ1v) is 9.89. The van der Waals surface area contributed by atoms with E-state index in [1.54, 1.807) is 24.3 Å². The summed E-state index contributed by atoms with van der Waals surface area (Å²) in [6.45, 7) is 0. The van der Waals surface area contributed by atoms with E-state index in [-0.39, 0.29) is 34.3 Å². The Hall–Kier alpha value is -3.40. The van der Waals surface area contributed by atoms with E-state index in [1.807, 2.05) is 0 Å². The van der Waals surface area contributed by atoms with Crippen LogP contribution < -0.4 is 15.4 Å². The molecule has 3 N–H and O–H groups in total. The number of phenols is 1. The van der Waals surface area contributed by atoms with Gasteiger partial charge in [0, 0.05) is 11.4 Å². The van der Waals surface area contributed by atoms with Crippen LogP contribution >= 0.6 is 11.6 Å². The average molecular weight is 467 g/mol. The van der Waals surface area contributed by atoms with Gasteiger partial charge < -0.3 is 20.5 Å². The fraction of sp³-hybridized carbons (Fsp3) is 0.238. The third-order valence-corrected chi connectivity index (χ3v) is 5.42. The molecule has 0 saturated carbocycles. The van der Waals surface area contributed by atoms with Gasteiger partial charge in [-0.25, -0.2) is 4.68 Å². The predicted octanol–water partition coefficient (Wildman–Crippen LogP) is 5.16. The van der Waals surface area contributed by atoms with Gasteiger partial charge in [-0.2, -0.15) is 18.3 Å². The van der Waals surface area contributed by atoms with Gasteiger partial charge in [-0.05, 0) is 35.9 Å². The van der Waals surface area contributed by atoms with Crippen molar-refractivity contribution in [3.8, 4) is 11.5 Å². The maximum atomic E-state index is 13.8. The lowest BCUT2D eigenvalue weighted by Gasteiger charge is -2.34. The number of amides is 1. The summed E-state index contributed by atoms with van der Waals surface area (Å²) in [7, 11) is 1.47. The van der Waals surface area contributed by atoms with E-state index in [4.69, 9.17) is 16.3 Å². The van der Waals surface area contributed by atoms with Crippen molar-refractivity contribution in [2.24, 2.45) is 0 Å². The molecule has 0 unspecified atom stereocenters. The summed E-state index contributed by atoms with van der Waals surface area (Å²) in [5.41, 5.74) is 0.492. The number of aromatic nitrogens is 2. The summed E-state index contributed by atoms with van der Waals surface area (Å²) in [4.78, 5) is 12.9. The monoisotopic (exact) mass is 466 g/mol. The molecule has 2 aromatic carbocycles. The topological polar surface area (TPSA) is 88.4 Å². The molecular weight excluding hydrogens is 449 g/mol. The van der Waals surface area contributed by atoms with Crippen LogP contribution in [0.25, 0.3) is 0 Å². The van der Waals surface area contributed by atoms with E-state index in [0.717, 1.165) is 10.9 Å². The zero-order valence-electron chi connectivity index (χ0n) is 16.7. The molecular formula is C21H18ClF3N4O3. The summed E-state index contributed by atoms with van der Waals surface area (Å²) in [6.07, 6.45) is -3.84. The Balaban J connectivity index is 1.71. The number of methoxy groups -OCH3 is 1. The summed E-state index contributed by atoms with van der Waals surface area (Å²) in [5.74, 6) is -0.561. The quantitative estimate of drug-likeness (QED) is 0.462. The van der Waals surface area contributed by atoms with E-state index >= 15 is 0 Å². The number of rotatable bonds is 4. The van der Waals surface area contributed by atoms with Gasteiger partial charge >= 0.3 is 6.18 Å². The molecule has 0 saturated heterocycles. The highest BCUT2D eigenvalue weighted by Crippen LogP contribution is 2.44. The summed E-state index contributed by atoms with van der Waals surface area (Å²) >= 11 is 5.90. The second kappa shape index (κ2) is 8.27. The number of alkyl halides is 3. The number of hydrogen-bond acceptors (Lipinski definition) is 5. The first-order chi connectivity index (χ1) is 15.2. The third kappa shape index (κ3) is 4.18. The van der Waals surface area contributed by atoms with Gasteiger partial charge in [0.2, 0.25) is 0 Å². The minimum absolute atomic E-state index is 0.0231. The van der Waals surface area contributed by atoms with Crippen LogP contribution in [-0.2, 0) is 0 Å². The first kappa shape index (κ1) is 21.8. The maximum Gasteiger partial charge on any atom is 0.410 e. The number of nitrogens with one attached hydrogen (secondary N) is 2. The van der Waals surface area contributed by atoms with Crippen molar-refractivity contribution in [3.05, 3.63) is 64.8 Å². The number of carbonyl (C=O) groups is 1. The Bertz CT molecular complexity index is 1170. The Morgan fingerprint density at radius 2 is 2.09 bits per heavy atom. The van der Waals surface area contributed by atoms with Crippen molar-refractivity contribution in [1.82, 2.24) is 9.78 Å². The molecule has 0 spiro atoms. The number of hydrogen-bond donors (Lipinski definition) is 3. The number of carbonyl (C=O) groups excluding carboxylic acids is 1. The molecule has 7 nitrogen and oxygen atoms in total. The number of ether oxygens (including phenoxy) is 1. The average Bonchev–Trinajstić information content (AvgIpc) is 3.19. The summed E-state index contributed by atoms with van der Waals surface area (Å²) in [5, 5.41) is 19.5. The highest BCUT2D eigenvalue weighted by atomic mass is 35.5. The Kier molecular flexibility index (Phi) is 5.64. The van der Waals surface area contributed by atoms with E-state index in [2.05, 4.69) is 15.7 Å². The highest BCUT2D eigenvalue weighted by molar-refractivity contribution is 6.31. The number of benzene rings is 2. The predicted molar refractivity (Wildman–Crippen MR) is 112 cm³/mol. The normalized spacial score (nSPS) is 17.9. The maximum absolute atomic E-state index is 13.8. The zero-order valence-corrected chi connectivity index (χ0v) is 17.4. The van der Waals surface area contributed by atoms with Gasteiger partial charge in [0.1, 0.15) is 22.9 Å². The van der Waals surface area contributed by atoms with Crippen LogP contribution in [0.5, 0.6) is 11.5 Å². The van der Waals surface area contributed by atoms with E-state index < -0.39 is 24.2 Å². The molecule has 1 aliphatic rings. The molecule has 11 heteroatoms. The molecule has 0 fully saturated rings. The van der Waals surface area contributed by atoms with Crippen molar-refractivity contribution in [1.29, 1.82) is 0 Å². The fourth-order valence-corrected chi connectivity index (χ4v) is 3.78. The van der Waals surface area contributed by atoms with Crippen molar-refractivity contribution in [3.63, 3.8) is 0 Å². The Morgan fingerprint density at radius 1 is 1.31 bits per heavy atom. The van der Waals surface area contributed by atoms with Gasteiger partial charge in [0.25, 0.3) is 5.91 Å². The van der Waals surface area contributed by atoms with Crippen molar-refractivity contribution in [2.45, 2.75) is 24.7 Å². The lowest BCUT2D eigenvalue weighted by molar-refractivity contribution is -0.173. The molecule has 32 heavy (non-hydrogen) atoms. The van der Waals surface area contributed by atoms with Gasteiger partial charge in [-0.3, -0.25) is 4.79 Å². The van der Waals surface area contributed by atoms with Crippen LogP contribution in [0, 0.1) is 0 Å². The zero-order chi connectivity index (χ0) is 23.0. The fourth-order valence-electron chi connectivity index (χ4n) is 3.60. The smallest absolute Gasteiger partial charge is 0.410 e. The molecule has 0 aliphatic carbocycles. The number of fused-ring (bicyclic) bond motifs is 1. The van der Waals surface area contributed by atoms with Gasteiger partial charge in [-0.15, -0.1) is 0 Å². The van der Waals surface area contributed by atoms with Crippen LogP contribution in [0.2, 0.25) is 5.02 Å². The molecule has 1 aromatic heterocycles. The Labute approximate surface area is 185 Å². The van der Waals surface area contributed by atoms with Crippen molar-refractivity contribution >= 4 is 29.0 Å². The Morgan fingerprint density at radius 3 is 2.81 bits per heavy atom. The number of anilines is 2. The van der Waals surface area contributed by atoms with E-state index in [1.165, 1.54) is 25.3 Å². The molecule has 0 radical (unpaired) electrons. The molecule has 2 atom stereocenters. The number of aromatic hydroxyl groups is 1. The number of phenolic OH excluding ortho intramolecular Hbond substituents is 1. The van der Waals surface area contributed by atoms with Gasteiger partial charge in [-0.1, -0.05) is 23.7 Å². The number of nitrogens with zero attached hydrogens (tertiary/aromatic N) is 2. The SMILES string of the molecule is COc1cccc([C@H]2C[C@H](C(F)(F)F)n3ncc(C(=O)Nc4cc(Cl)ccc4O)c3N2)c1. The summed E-state index contributed by atoms with van der Waals surface area (Å²) in [6, 6.07) is 8.07. The molecule has 168 valence electrons. The molecule has 1 aliphatic heterocycles. The second-order valence-corrected chi connectivity index (χ2v) is 7.67. The molecule has 4 rings (SSSR count). The molecule has 1 amide bonds. The minimum atomic E-state index is -4.58. The van der Waals surface area contributed by atoms with Crippen LogP contribution in [0.3, 0.4) is 0 Å². The molecule has 2 heterocycles. The van der Waals surface area contributed by atoms with Crippen molar-refractivity contribution in [2.75, 3.05) is 17.7 Å². The van der Waals surface area contributed by atoms with Gasteiger partial charge in [0.05, 0.1) is 25.0 Å². The third-order valence-electron chi connectivity index (χ3n) is 5.19. The largest absolute Gasteiger partial charge is 0.506 e. The lowest BCUT2D eigenvalue weighted by atomic mass is 9.96. The standard InChI is InChI=1S/C21H18ClF3N4O3/c1-32-13-4-2-3-11(7-13)15-9-18(21(23,24)25)29-19(27-15)14(10-26-29)20(31)28-16-8-12(22)5-6-17(16)30/h2-8,10,15,18,27,30H,9H2,1H3,(H,28,31)/t15-,18-/m1/s1. The van der Waals surface area contributed by atoms with Crippen LogP contribution in [0.1, 0.15) is 34.4 Å². The van der Waals surface area contributed by atoms with Gasteiger partial charge in [0.15, 0.2) is 6.04 Å². The second-order valence-electron chi connectivity index (χ2n) is 7.23. The minimum Gasteiger partial charge on any atom is -0.506 e. The summed E-state index contributed by atoms with van der Waals surface area (Å²) < 4.78 is 47.5. The van der Waals surface area contributed by atoms with Crippen LogP contribution in [0.15, 0.2) is 48.7 Å². The highest BCUT2D eigenvalue weighted by Gasteiger charge is 2.47. The van der Waals surface area contributed by atoms with Crippen LogP contribution in [0.4, 0.5) is 24.7 Å².